The number of rotatable bonds is 8. The first-order valence-corrected chi connectivity index (χ1v) is 26.0. The summed E-state index contributed by atoms with van der Waals surface area (Å²) >= 11 is 0. The first kappa shape index (κ1) is 60.5. The molecule has 4 aliphatic rings. The van der Waals surface area contributed by atoms with Gasteiger partial charge >= 0.3 is 5.97 Å². The highest BCUT2D eigenvalue weighted by atomic mass is 16.6. The molecule has 0 fully saturated rings. The number of hydrogen-bond donors (Lipinski definition) is 0. The van der Waals surface area contributed by atoms with E-state index >= 15 is 0 Å². The second kappa shape index (κ2) is 29.5. The van der Waals surface area contributed by atoms with E-state index in [0.29, 0.717) is 51.4 Å². The van der Waals surface area contributed by atoms with Gasteiger partial charge in [0.25, 0.3) is 0 Å². The maximum Gasteiger partial charge on any atom is 0.340 e. The van der Waals surface area contributed by atoms with Crippen LogP contribution in [0.3, 0.4) is 0 Å². The third-order valence-corrected chi connectivity index (χ3v) is 10.4. The lowest BCUT2D eigenvalue weighted by Crippen LogP contribution is -2.33. The van der Waals surface area contributed by atoms with Gasteiger partial charge in [-0.3, -0.25) is 9.59 Å². The SMILES string of the molecule is CC.CC.CC.CC.CC.CC.CC(=O)c1ccccc1C1c2ccc(OC(C)C)cc2OC2=CC(=O)C=CC21.CC(C)Oc1ccc2c(c1)Oc1cc(OC(C)C)ccc1C21OC(=O)c2ccccc21. The molecule has 0 N–H and O–H groups in total. The Bertz CT molecular complexity index is 2480. The Balaban J connectivity index is 0.000000404. The number of fused-ring (bicyclic) bond motifs is 8. The van der Waals surface area contributed by atoms with Gasteiger partial charge in [0.1, 0.15) is 40.3 Å². The highest BCUT2D eigenvalue weighted by Gasteiger charge is 2.53. The molecule has 384 valence electrons. The monoisotopic (exact) mass is 971 g/mol. The molecule has 0 bridgehead atoms. The average molecular weight is 971 g/mol. The van der Waals surface area contributed by atoms with Crippen LogP contribution in [0.15, 0.2) is 127 Å². The van der Waals surface area contributed by atoms with Crippen molar-refractivity contribution in [2.45, 2.75) is 161 Å². The van der Waals surface area contributed by atoms with Crippen LogP contribution in [0.25, 0.3) is 0 Å². The third-order valence-electron chi connectivity index (χ3n) is 10.4. The van der Waals surface area contributed by atoms with Gasteiger partial charge in [-0.05, 0) is 96.5 Å². The van der Waals surface area contributed by atoms with Crippen LogP contribution < -0.4 is 23.7 Å². The number of carbonyl (C=O) groups excluding carboxylic acids is 3. The number of Topliss-reactive ketones (excluding diaryl/α,β-unsaturated/α-hetero) is 1. The Hall–Kier alpha value is -6.61. The molecule has 9 rings (SSSR count). The molecule has 5 aromatic carbocycles. The number of ketones is 2. The van der Waals surface area contributed by atoms with Crippen molar-refractivity contribution in [3.8, 4) is 34.5 Å². The van der Waals surface area contributed by atoms with E-state index in [1.54, 1.807) is 19.1 Å². The summed E-state index contributed by atoms with van der Waals surface area (Å²) < 4.78 is 36.1. The van der Waals surface area contributed by atoms with Crippen LogP contribution in [-0.4, -0.2) is 35.8 Å². The minimum atomic E-state index is -1.08. The molecule has 0 saturated carbocycles. The largest absolute Gasteiger partial charge is 0.491 e. The van der Waals surface area contributed by atoms with Crippen LogP contribution >= 0.6 is 0 Å². The van der Waals surface area contributed by atoms with Crippen molar-refractivity contribution in [1.82, 2.24) is 0 Å². The third kappa shape index (κ3) is 14.1. The number of ether oxygens (including phenoxy) is 6. The Kier molecular flexibility index (Phi) is 25.2. The van der Waals surface area contributed by atoms with Gasteiger partial charge in [-0.1, -0.05) is 138 Å². The molecule has 0 radical (unpaired) electrons. The van der Waals surface area contributed by atoms with Gasteiger partial charge in [0, 0.05) is 63.9 Å². The number of allylic oxidation sites excluding steroid dienone is 3. The van der Waals surface area contributed by atoms with Crippen LogP contribution in [0.2, 0.25) is 0 Å². The van der Waals surface area contributed by atoms with Crippen LogP contribution in [0, 0.1) is 5.92 Å². The maximum absolute atomic E-state index is 12.9. The number of hydrogen-bond acceptors (Lipinski definition) is 9. The van der Waals surface area contributed by atoms with Crippen molar-refractivity contribution in [2.24, 2.45) is 5.92 Å². The highest BCUT2D eigenvalue weighted by Crippen LogP contribution is 2.57. The predicted octanol–water partition coefficient (Wildman–Crippen LogP) is 16.8. The molecule has 71 heavy (non-hydrogen) atoms. The summed E-state index contributed by atoms with van der Waals surface area (Å²) in [5.41, 5.74) is 4.43. The molecule has 0 saturated heterocycles. The van der Waals surface area contributed by atoms with Crippen LogP contribution in [0.5, 0.6) is 34.5 Å². The Morgan fingerprint density at radius 3 is 1.51 bits per heavy atom. The molecule has 0 aromatic heterocycles. The summed E-state index contributed by atoms with van der Waals surface area (Å²) in [5.74, 6) is 3.87. The van der Waals surface area contributed by atoms with Crippen molar-refractivity contribution >= 4 is 17.5 Å². The molecule has 5 aromatic rings. The van der Waals surface area contributed by atoms with Gasteiger partial charge in [0.05, 0.1) is 23.9 Å². The summed E-state index contributed by atoms with van der Waals surface area (Å²) in [6.45, 7) is 37.4. The van der Waals surface area contributed by atoms with E-state index < -0.39 is 5.60 Å². The second-order valence-electron chi connectivity index (χ2n) is 15.8. The standard InChI is InChI=1S/C26H24O5.C24H22O4.6C2H6/c1-15(2)28-17-9-11-21-23(13-17)30-24-14-18(29-16(3)4)10-12-22(24)26(21)20-8-6-5-7-19(20)25(27)31-26;1-14(2)27-17-9-11-21-23(13-17)28-22-12-16(26)8-10-20(22)24(21)19-7-5-4-6-18(19)15(3)25;6*1-2/h5-16H,1-4H3;4-14,20,24H,1-3H3;6*1-2H3. The van der Waals surface area contributed by atoms with Gasteiger partial charge in [0.2, 0.25) is 0 Å². The Morgan fingerprint density at radius 2 is 1.00 bits per heavy atom. The second-order valence-corrected chi connectivity index (χ2v) is 15.8. The van der Waals surface area contributed by atoms with E-state index in [4.69, 9.17) is 28.4 Å². The number of benzene rings is 5. The molecule has 9 heteroatoms. The summed E-state index contributed by atoms with van der Waals surface area (Å²) in [4.78, 5) is 37.1. The van der Waals surface area contributed by atoms with Gasteiger partial charge in [-0.25, -0.2) is 4.79 Å². The Labute approximate surface area is 426 Å². The lowest BCUT2D eigenvalue weighted by atomic mass is 9.74. The molecule has 0 amide bonds. The lowest BCUT2D eigenvalue weighted by Gasteiger charge is -2.36. The van der Waals surface area contributed by atoms with E-state index in [-0.39, 0.29) is 47.7 Å². The normalized spacial score (nSPS) is 15.1. The molecule has 2 atom stereocenters. The first-order chi connectivity index (χ1) is 34.3. The molecule has 1 aliphatic carbocycles. The molecular weight excluding hydrogens is 889 g/mol. The summed E-state index contributed by atoms with van der Waals surface area (Å²) in [6, 6.07) is 32.3. The van der Waals surface area contributed by atoms with Crippen molar-refractivity contribution in [3.63, 3.8) is 0 Å². The molecule has 9 nitrogen and oxygen atoms in total. The van der Waals surface area contributed by atoms with Crippen LogP contribution in [0.4, 0.5) is 0 Å². The minimum absolute atomic E-state index is 0.0183. The molecular formula is C62H82O9. The molecule has 3 heterocycles. The predicted molar refractivity (Wildman–Crippen MR) is 291 cm³/mol. The van der Waals surface area contributed by atoms with Crippen LogP contribution in [0.1, 0.15) is 186 Å². The number of esters is 1. The smallest absolute Gasteiger partial charge is 0.340 e. The van der Waals surface area contributed by atoms with E-state index in [0.717, 1.165) is 27.8 Å². The summed E-state index contributed by atoms with van der Waals surface area (Å²) in [6.07, 6.45) is 5.08. The maximum atomic E-state index is 12.9. The Morgan fingerprint density at radius 1 is 0.535 bits per heavy atom. The van der Waals surface area contributed by atoms with Crippen molar-refractivity contribution in [2.75, 3.05) is 0 Å². The van der Waals surface area contributed by atoms with Crippen molar-refractivity contribution in [3.05, 3.63) is 166 Å². The lowest BCUT2D eigenvalue weighted by molar-refractivity contribution is -0.110. The fraction of sp³-hybridized carbons (Fsp3) is 0.403. The fourth-order valence-electron chi connectivity index (χ4n) is 8.25. The van der Waals surface area contributed by atoms with Gasteiger partial charge < -0.3 is 28.4 Å². The van der Waals surface area contributed by atoms with E-state index in [1.165, 1.54) is 6.08 Å². The topological polar surface area (TPSA) is 107 Å². The molecule has 2 unspecified atom stereocenters. The van der Waals surface area contributed by atoms with E-state index in [9.17, 15) is 14.4 Å². The fourth-order valence-corrected chi connectivity index (χ4v) is 8.25. The zero-order chi connectivity index (χ0) is 53.6. The zero-order valence-corrected chi connectivity index (χ0v) is 46.1. The highest BCUT2D eigenvalue weighted by molar-refractivity contribution is 6.01. The zero-order valence-electron chi connectivity index (χ0n) is 46.1. The van der Waals surface area contributed by atoms with Gasteiger partial charge in [-0.2, -0.15) is 0 Å². The summed E-state index contributed by atoms with van der Waals surface area (Å²) in [5, 5.41) is 0. The van der Waals surface area contributed by atoms with Crippen molar-refractivity contribution in [1.29, 1.82) is 0 Å². The number of carbonyl (C=O) groups is 3. The minimum Gasteiger partial charge on any atom is -0.491 e. The molecule has 1 spiro atoms. The molecule has 3 aliphatic heterocycles. The van der Waals surface area contributed by atoms with Gasteiger partial charge in [0.15, 0.2) is 17.2 Å². The van der Waals surface area contributed by atoms with Crippen molar-refractivity contribution < 1.29 is 42.8 Å². The van der Waals surface area contributed by atoms with Gasteiger partial charge in [-0.15, -0.1) is 0 Å². The first-order valence-electron chi connectivity index (χ1n) is 26.0. The quantitative estimate of drug-likeness (QED) is 0.111. The average Bonchev–Trinajstić information content (AvgIpc) is 3.67. The van der Waals surface area contributed by atoms with E-state index in [1.807, 2.05) is 228 Å². The van der Waals surface area contributed by atoms with Crippen LogP contribution in [-0.2, 0) is 15.1 Å². The van der Waals surface area contributed by atoms with E-state index in [2.05, 4.69) is 0 Å². The summed E-state index contributed by atoms with van der Waals surface area (Å²) in [7, 11) is 0.